The molecule has 1 fully saturated rings. The molecule has 30 heavy (non-hydrogen) atoms. The van der Waals surface area contributed by atoms with Gasteiger partial charge in [-0.25, -0.2) is 4.72 Å². The number of piperidine rings is 1. The van der Waals surface area contributed by atoms with E-state index in [-0.39, 0.29) is 23.4 Å². The molecule has 1 aliphatic rings. The molecule has 0 bridgehead atoms. The van der Waals surface area contributed by atoms with Crippen LogP contribution in [0.5, 0.6) is 0 Å². The number of nitrogens with zero attached hydrogens (tertiary/aromatic N) is 2. The van der Waals surface area contributed by atoms with Gasteiger partial charge in [0.25, 0.3) is 11.9 Å². The Morgan fingerprint density at radius 1 is 1.30 bits per heavy atom. The van der Waals surface area contributed by atoms with E-state index in [1.807, 2.05) is 4.72 Å². The number of aromatic nitrogens is 1. The van der Waals surface area contributed by atoms with Crippen molar-refractivity contribution in [2.75, 3.05) is 11.9 Å². The van der Waals surface area contributed by atoms with Gasteiger partial charge in [0.1, 0.15) is 6.26 Å². The van der Waals surface area contributed by atoms with E-state index in [1.165, 1.54) is 10.4 Å². The lowest BCUT2D eigenvalue weighted by molar-refractivity contribution is -0.137. The van der Waals surface area contributed by atoms with Crippen molar-refractivity contribution < 1.29 is 30.8 Å². The first-order chi connectivity index (χ1) is 14.0. The second-order valence-electron chi connectivity index (χ2n) is 7.08. The summed E-state index contributed by atoms with van der Waals surface area (Å²) in [6, 6.07) is 2.64. The Morgan fingerprint density at radius 2 is 2.03 bits per heavy atom. The maximum Gasteiger partial charge on any atom is 0.416 e. The highest BCUT2D eigenvalue weighted by Crippen LogP contribution is 2.33. The van der Waals surface area contributed by atoms with Gasteiger partial charge in [0, 0.05) is 18.3 Å². The normalized spacial score (nSPS) is 18.2. The molecule has 1 amide bonds. The number of nitrogens with one attached hydrogen (secondary N) is 2. The SMILES string of the molecule is Cc1ccc(C(F)(F)F)cc1Nc1nc(C(=O)NS(=O)(=O)N2CCCCC2C)co1. The van der Waals surface area contributed by atoms with Crippen LogP contribution in [0, 0.1) is 6.92 Å². The molecule has 0 aliphatic carbocycles. The predicted molar refractivity (Wildman–Crippen MR) is 102 cm³/mol. The molecule has 2 N–H and O–H groups in total. The number of aryl methyl sites for hydroxylation is 1. The minimum atomic E-state index is -4.52. The lowest BCUT2D eigenvalue weighted by atomic mass is 10.1. The van der Waals surface area contributed by atoms with Gasteiger partial charge in [0.15, 0.2) is 5.69 Å². The topological polar surface area (TPSA) is 105 Å². The molecule has 0 saturated carbocycles. The van der Waals surface area contributed by atoms with Crippen LogP contribution in [0.4, 0.5) is 24.9 Å². The van der Waals surface area contributed by atoms with Crippen LogP contribution in [0.15, 0.2) is 28.9 Å². The van der Waals surface area contributed by atoms with E-state index in [2.05, 4.69) is 10.3 Å². The fraction of sp³-hybridized carbons (Fsp3) is 0.444. The van der Waals surface area contributed by atoms with Crippen LogP contribution < -0.4 is 10.0 Å². The molecule has 2 aromatic rings. The molecule has 8 nitrogen and oxygen atoms in total. The molecular weight excluding hydrogens is 425 g/mol. The number of hydrogen-bond donors (Lipinski definition) is 2. The van der Waals surface area contributed by atoms with Crippen LogP contribution in [-0.2, 0) is 16.4 Å². The number of benzene rings is 1. The van der Waals surface area contributed by atoms with E-state index in [9.17, 15) is 26.4 Å². The number of hydrogen-bond acceptors (Lipinski definition) is 6. The van der Waals surface area contributed by atoms with Crippen molar-refractivity contribution in [3.8, 4) is 0 Å². The van der Waals surface area contributed by atoms with Crippen molar-refractivity contribution in [1.82, 2.24) is 14.0 Å². The predicted octanol–water partition coefficient (Wildman–Crippen LogP) is 3.59. The summed E-state index contributed by atoms with van der Waals surface area (Å²) in [6.45, 7) is 3.66. The third-order valence-electron chi connectivity index (χ3n) is 4.82. The molecule has 12 heteroatoms. The maximum atomic E-state index is 12.9. The molecule has 1 aliphatic heterocycles. The molecule has 164 valence electrons. The summed E-state index contributed by atoms with van der Waals surface area (Å²) in [5.74, 6) is -0.995. The quantitative estimate of drug-likeness (QED) is 0.727. The van der Waals surface area contributed by atoms with Crippen LogP contribution in [0.25, 0.3) is 0 Å². The molecule has 1 aromatic heterocycles. The van der Waals surface area contributed by atoms with Gasteiger partial charge in [0.05, 0.1) is 5.56 Å². The lowest BCUT2D eigenvalue weighted by Crippen LogP contribution is -2.49. The zero-order chi connectivity index (χ0) is 22.1. The van der Waals surface area contributed by atoms with Gasteiger partial charge in [-0.2, -0.15) is 30.9 Å². The van der Waals surface area contributed by atoms with Crippen LogP contribution in [0.2, 0.25) is 0 Å². The van der Waals surface area contributed by atoms with Gasteiger partial charge < -0.3 is 9.73 Å². The number of halogens is 3. The van der Waals surface area contributed by atoms with Crippen LogP contribution in [0.3, 0.4) is 0 Å². The summed E-state index contributed by atoms with van der Waals surface area (Å²) in [5, 5.41) is 2.58. The summed E-state index contributed by atoms with van der Waals surface area (Å²) in [4.78, 5) is 16.1. The number of anilines is 2. The van der Waals surface area contributed by atoms with Gasteiger partial charge in [-0.3, -0.25) is 4.79 Å². The first-order valence-electron chi connectivity index (χ1n) is 9.21. The van der Waals surface area contributed by atoms with Crippen LogP contribution in [-0.4, -0.2) is 36.2 Å². The molecule has 2 heterocycles. The summed E-state index contributed by atoms with van der Waals surface area (Å²) in [5.41, 5.74) is -0.598. The van der Waals surface area contributed by atoms with Crippen molar-refractivity contribution >= 4 is 27.8 Å². The number of carbonyl (C=O) groups excluding carboxylic acids is 1. The third kappa shape index (κ3) is 4.93. The van der Waals surface area contributed by atoms with Gasteiger partial charge in [-0.15, -0.1) is 0 Å². The van der Waals surface area contributed by atoms with Crippen molar-refractivity contribution in [1.29, 1.82) is 0 Å². The molecule has 0 spiro atoms. The first kappa shape index (κ1) is 22.1. The highest BCUT2D eigenvalue weighted by molar-refractivity contribution is 7.87. The van der Waals surface area contributed by atoms with E-state index in [0.29, 0.717) is 24.9 Å². The number of carbonyl (C=O) groups is 1. The van der Waals surface area contributed by atoms with Gasteiger partial charge in [0.2, 0.25) is 0 Å². The number of oxazole rings is 1. The van der Waals surface area contributed by atoms with Crippen molar-refractivity contribution in [3.05, 3.63) is 41.3 Å². The summed E-state index contributed by atoms with van der Waals surface area (Å²) in [7, 11) is -4.05. The minimum absolute atomic E-state index is 0.0911. The maximum absolute atomic E-state index is 12.9. The smallest absolute Gasteiger partial charge is 0.416 e. The molecule has 1 unspecified atom stereocenters. The summed E-state index contributed by atoms with van der Waals surface area (Å²) < 4.78 is 71.9. The zero-order valence-corrected chi connectivity index (χ0v) is 17.1. The number of alkyl halides is 3. The zero-order valence-electron chi connectivity index (χ0n) is 16.3. The molecule has 1 aromatic carbocycles. The molecular formula is C18H21F3N4O4S. The Hall–Kier alpha value is -2.60. The minimum Gasteiger partial charge on any atom is -0.431 e. The average Bonchev–Trinajstić information content (AvgIpc) is 3.11. The Morgan fingerprint density at radius 3 is 2.70 bits per heavy atom. The Bertz CT molecular complexity index is 1040. The van der Waals surface area contributed by atoms with E-state index in [4.69, 9.17) is 4.42 Å². The van der Waals surface area contributed by atoms with Crippen LogP contribution >= 0.6 is 0 Å². The van der Waals surface area contributed by atoms with Gasteiger partial charge in [-0.05, 0) is 44.4 Å². The summed E-state index contributed by atoms with van der Waals surface area (Å²) in [6.07, 6.45) is -1.28. The molecule has 3 rings (SSSR count). The van der Waals surface area contributed by atoms with Crippen molar-refractivity contribution in [2.24, 2.45) is 0 Å². The van der Waals surface area contributed by atoms with Crippen LogP contribution in [0.1, 0.15) is 47.8 Å². The second kappa shape index (κ2) is 8.26. The van der Waals surface area contributed by atoms with Crippen molar-refractivity contribution in [3.63, 3.8) is 0 Å². The fourth-order valence-electron chi connectivity index (χ4n) is 3.14. The van der Waals surface area contributed by atoms with E-state index in [1.54, 1.807) is 13.8 Å². The Kier molecular flexibility index (Phi) is 6.09. The van der Waals surface area contributed by atoms with Gasteiger partial charge >= 0.3 is 16.4 Å². The monoisotopic (exact) mass is 446 g/mol. The number of rotatable bonds is 5. The highest BCUT2D eigenvalue weighted by atomic mass is 32.2. The molecule has 1 saturated heterocycles. The Balaban J connectivity index is 1.73. The third-order valence-corrected chi connectivity index (χ3v) is 6.42. The standard InChI is InChI=1S/C18H21F3N4O4S/c1-11-6-7-13(18(19,20)21)9-14(11)22-17-23-15(10-29-17)16(26)24-30(27,28)25-8-4-3-5-12(25)2/h6-7,9-10,12H,3-5,8H2,1-2H3,(H,22,23)(H,24,26). The fourth-order valence-corrected chi connectivity index (χ4v) is 4.55. The largest absolute Gasteiger partial charge is 0.431 e. The molecule has 1 atom stereocenters. The van der Waals surface area contributed by atoms with E-state index in [0.717, 1.165) is 24.8 Å². The van der Waals surface area contributed by atoms with E-state index >= 15 is 0 Å². The second-order valence-corrected chi connectivity index (χ2v) is 8.71. The summed E-state index contributed by atoms with van der Waals surface area (Å²) >= 11 is 0. The molecule has 0 radical (unpaired) electrons. The lowest BCUT2D eigenvalue weighted by Gasteiger charge is -2.31. The average molecular weight is 446 g/mol. The highest BCUT2D eigenvalue weighted by Gasteiger charge is 2.32. The van der Waals surface area contributed by atoms with Gasteiger partial charge in [-0.1, -0.05) is 12.5 Å². The van der Waals surface area contributed by atoms with E-state index < -0.39 is 27.9 Å². The first-order valence-corrected chi connectivity index (χ1v) is 10.7. The Labute approximate surface area is 171 Å². The van der Waals surface area contributed by atoms with Crippen molar-refractivity contribution in [2.45, 2.75) is 45.3 Å². The number of amides is 1.